The number of nitrogens with zero attached hydrogens (tertiary/aromatic N) is 3. The van der Waals surface area contributed by atoms with E-state index in [1.807, 2.05) is 0 Å². The standard InChI is InChI=1S/C11H16N4O2/c1-8-3-2-6-14(7-8)10-5-4-9(15(16)17)11(12)13-10/h4-5,8H,2-3,6-7H2,1H3,(H2,12,13). The lowest BCUT2D eigenvalue weighted by atomic mass is 10.0. The highest BCUT2D eigenvalue weighted by Crippen LogP contribution is 2.26. The van der Waals surface area contributed by atoms with Crippen LogP contribution < -0.4 is 10.6 Å². The van der Waals surface area contributed by atoms with Crippen LogP contribution in [0.5, 0.6) is 0 Å². The molecular weight excluding hydrogens is 220 g/mol. The number of nitrogens with two attached hydrogens (primary N) is 1. The monoisotopic (exact) mass is 236 g/mol. The first-order valence-electron chi connectivity index (χ1n) is 5.74. The van der Waals surface area contributed by atoms with Crippen molar-refractivity contribution in [1.82, 2.24) is 4.98 Å². The fourth-order valence-corrected chi connectivity index (χ4v) is 2.18. The van der Waals surface area contributed by atoms with Gasteiger partial charge in [-0.3, -0.25) is 10.1 Å². The highest BCUT2D eigenvalue weighted by Gasteiger charge is 2.20. The van der Waals surface area contributed by atoms with Crippen molar-refractivity contribution in [2.24, 2.45) is 5.92 Å². The van der Waals surface area contributed by atoms with E-state index in [0.29, 0.717) is 5.92 Å². The van der Waals surface area contributed by atoms with Gasteiger partial charge in [-0.2, -0.15) is 0 Å². The van der Waals surface area contributed by atoms with E-state index in [0.717, 1.165) is 25.3 Å². The number of nitrogen functional groups attached to an aromatic ring is 1. The van der Waals surface area contributed by atoms with E-state index < -0.39 is 4.92 Å². The summed E-state index contributed by atoms with van der Waals surface area (Å²) in [6.07, 6.45) is 2.35. The summed E-state index contributed by atoms with van der Waals surface area (Å²) in [4.78, 5) is 16.4. The summed E-state index contributed by atoms with van der Waals surface area (Å²) in [6.45, 7) is 4.07. The van der Waals surface area contributed by atoms with Crippen molar-refractivity contribution in [3.8, 4) is 0 Å². The molecule has 1 atom stereocenters. The average molecular weight is 236 g/mol. The largest absolute Gasteiger partial charge is 0.378 e. The summed E-state index contributed by atoms with van der Waals surface area (Å²) in [5, 5.41) is 10.6. The second kappa shape index (κ2) is 4.57. The Bertz CT molecular complexity index is 435. The van der Waals surface area contributed by atoms with Crippen LogP contribution >= 0.6 is 0 Å². The summed E-state index contributed by atoms with van der Waals surface area (Å²) in [5.41, 5.74) is 5.46. The average Bonchev–Trinajstić information content (AvgIpc) is 2.28. The van der Waals surface area contributed by atoms with E-state index in [1.54, 1.807) is 6.07 Å². The molecule has 2 heterocycles. The van der Waals surface area contributed by atoms with E-state index >= 15 is 0 Å². The quantitative estimate of drug-likeness (QED) is 0.625. The van der Waals surface area contributed by atoms with Crippen molar-refractivity contribution in [2.45, 2.75) is 19.8 Å². The molecule has 1 aromatic rings. The fraction of sp³-hybridized carbons (Fsp3) is 0.545. The topological polar surface area (TPSA) is 85.3 Å². The molecule has 6 heteroatoms. The van der Waals surface area contributed by atoms with Crippen molar-refractivity contribution < 1.29 is 4.92 Å². The number of rotatable bonds is 2. The van der Waals surface area contributed by atoms with E-state index in [1.165, 1.54) is 12.5 Å². The first-order chi connectivity index (χ1) is 8.08. The molecule has 1 saturated heterocycles. The van der Waals surface area contributed by atoms with Gasteiger partial charge in [0.15, 0.2) is 0 Å². The van der Waals surface area contributed by atoms with Gasteiger partial charge in [0.05, 0.1) is 4.92 Å². The number of hydrogen-bond donors (Lipinski definition) is 1. The minimum Gasteiger partial charge on any atom is -0.378 e. The van der Waals surface area contributed by atoms with Crippen LogP contribution in [0.3, 0.4) is 0 Å². The van der Waals surface area contributed by atoms with Gasteiger partial charge in [0.25, 0.3) is 0 Å². The zero-order valence-electron chi connectivity index (χ0n) is 9.80. The maximum atomic E-state index is 10.6. The SMILES string of the molecule is CC1CCCN(c2ccc([N+](=O)[O-])c(N)n2)C1. The van der Waals surface area contributed by atoms with Crippen LogP contribution in [0.4, 0.5) is 17.3 Å². The third kappa shape index (κ3) is 2.46. The van der Waals surface area contributed by atoms with Crippen LogP contribution in [-0.4, -0.2) is 23.0 Å². The Morgan fingerprint density at radius 3 is 2.94 bits per heavy atom. The smallest absolute Gasteiger partial charge is 0.311 e. The molecule has 1 unspecified atom stereocenters. The first kappa shape index (κ1) is 11.6. The molecule has 6 nitrogen and oxygen atoms in total. The Kier molecular flexibility index (Phi) is 3.12. The summed E-state index contributed by atoms with van der Waals surface area (Å²) >= 11 is 0. The van der Waals surface area contributed by atoms with E-state index in [2.05, 4.69) is 16.8 Å². The Labute approximate surface area is 99.6 Å². The van der Waals surface area contributed by atoms with E-state index in [9.17, 15) is 10.1 Å². The molecule has 92 valence electrons. The predicted molar refractivity (Wildman–Crippen MR) is 65.9 cm³/mol. The van der Waals surface area contributed by atoms with Crippen molar-refractivity contribution in [3.05, 3.63) is 22.2 Å². The Morgan fingerprint density at radius 2 is 2.35 bits per heavy atom. The molecule has 17 heavy (non-hydrogen) atoms. The summed E-state index contributed by atoms with van der Waals surface area (Å²) in [7, 11) is 0. The van der Waals surface area contributed by atoms with Crippen LogP contribution in [-0.2, 0) is 0 Å². The van der Waals surface area contributed by atoms with E-state index in [4.69, 9.17) is 5.73 Å². The molecule has 0 aromatic carbocycles. The number of nitro groups is 1. The highest BCUT2D eigenvalue weighted by atomic mass is 16.6. The predicted octanol–water partition coefficient (Wildman–Crippen LogP) is 1.81. The van der Waals surface area contributed by atoms with Gasteiger partial charge in [0.1, 0.15) is 5.82 Å². The molecule has 1 aliphatic rings. The lowest BCUT2D eigenvalue weighted by molar-refractivity contribution is -0.384. The Hall–Kier alpha value is -1.85. The van der Waals surface area contributed by atoms with Crippen LogP contribution in [0.25, 0.3) is 0 Å². The van der Waals surface area contributed by atoms with Crippen molar-refractivity contribution in [2.75, 3.05) is 23.7 Å². The molecule has 0 bridgehead atoms. The molecule has 0 saturated carbocycles. The molecule has 0 aliphatic carbocycles. The minimum absolute atomic E-state index is 0.00859. The molecule has 0 spiro atoms. The molecule has 2 rings (SSSR count). The molecule has 1 aliphatic heterocycles. The maximum Gasteiger partial charge on any atom is 0.311 e. The summed E-state index contributed by atoms with van der Waals surface area (Å²) in [5.74, 6) is 1.35. The normalized spacial score (nSPS) is 20.3. The van der Waals surface area contributed by atoms with Crippen molar-refractivity contribution in [1.29, 1.82) is 0 Å². The summed E-state index contributed by atoms with van der Waals surface area (Å²) < 4.78 is 0. The molecule has 1 aromatic heterocycles. The van der Waals surface area contributed by atoms with Crippen LogP contribution in [0.1, 0.15) is 19.8 Å². The molecular formula is C11H16N4O2. The van der Waals surface area contributed by atoms with Gasteiger partial charge in [0, 0.05) is 19.2 Å². The van der Waals surface area contributed by atoms with Crippen molar-refractivity contribution >= 4 is 17.3 Å². The van der Waals surface area contributed by atoms with Gasteiger partial charge in [-0.15, -0.1) is 0 Å². The number of hydrogen-bond acceptors (Lipinski definition) is 5. The van der Waals surface area contributed by atoms with Gasteiger partial charge in [-0.1, -0.05) is 6.92 Å². The molecule has 1 fully saturated rings. The third-order valence-electron chi connectivity index (χ3n) is 3.07. The van der Waals surface area contributed by atoms with Gasteiger partial charge in [-0.25, -0.2) is 4.98 Å². The Balaban J connectivity index is 2.22. The number of piperidine rings is 1. The van der Waals surface area contributed by atoms with Gasteiger partial charge in [-0.05, 0) is 24.8 Å². The maximum absolute atomic E-state index is 10.6. The minimum atomic E-state index is -0.509. The van der Waals surface area contributed by atoms with Gasteiger partial charge < -0.3 is 10.6 Å². The first-order valence-corrected chi connectivity index (χ1v) is 5.74. The number of anilines is 2. The second-order valence-corrected chi connectivity index (χ2v) is 4.52. The lowest BCUT2D eigenvalue weighted by Gasteiger charge is -2.31. The molecule has 0 radical (unpaired) electrons. The van der Waals surface area contributed by atoms with Crippen molar-refractivity contribution in [3.63, 3.8) is 0 Å². The van der Waals surface area contributed by atoms with Crippen LogP contribution in [0.2, 0.25) is 0 Å². The third-order valence-corrected chi connectivity index (χ3v) is 3.07. The number of aromatic nitrogens is 1. The lowest BCUT2D eigenvalue weighted by Crippen LogP contribution is -2.34. The molecule has 2 N–H and O–H groups in total. The number of pyridine rings is 1. The Morgan fingerprint density at radius 1 is 1.59 bits per heavy atom. The fourth-order valence-electron chi connectivity index (χ4n) is 2.18. The van der Waals surface area contributed by atoms with Gasteiger partial charge >= 0.3 is 5.69 Å². The zero-order valence-corrected chi connectivity index (χ0v) is 9.80. The second-order valence-electron chi connectivity index (χ2n) is 4.52. The van der Waals surface area contributed by atoms with Gasteiger partial charge in [0.2, 0.25) is 5.82 Å². The zero-order chi connectivity index (χ0) is 12.4. The highest BCUT2D eigenvalue weighted by molar-refractivity contribution is 5.58. The van der Waals surface area contributed by atoms with Crippen LogP contribution in [0.15, 0.2) is 12.1 Å². The molecule has 0 amide bonds. The van der Waals surface area contributed by atoms with Crippen LogP contribution in [0, 0.1) is 16.0 Å². The van der Waals surface area contributed by atoms with E-state index in [-0.39, 0.29) is 11.5 Å². The summed E-state index contributed by atoms with van der Waals surface area (Å²) in [6, 6.07) is 3.10.